The summed E-state index contributed by atoms with van der Waals surface area (Å²) in [6, 6.07) is 13.5. The molecular formula is C40H33Cl3N6O6. The van der Waals surface area contributed by atoms with Gasteiger partial charge in [0.25, 0.3) is 5.89 Å². The van der Waals surface area contributed by atoms with E-state index >= 15 is 0 Å². The number of carbonyl (C=O) groups excluding carboxylic acids is 2. The molecule has 10 bridgehead atoms. The lowest BCUT2D eigenvalue weighted by Gasteiger charge is -2.29. The minimum atomic E-state index is -1.31. The lowest BCUT2D eigenvalue weighted by molar-refractivity contribution is -0.135. The Morgan fingerprint density at radius 2 is 1.82 bits per heavy atom. The predicted octanol–water partition coefficient (Wildman–Crippen LogP) is 7.77. The van der Waals surface area contributed by atoms with Crippen LogP contribution in [0.3, 0.4) is 0 Å². The molecule has 10 rings (SSSR count). The van der Waals surface area contributed by atoms with Gasteiger partial charge in [-0.15, -0.1) is 0 Å². The van der Waals surface area contributed by atoms with Crippen LogP contribution in [-0.4, -0.2) is 50.2 Å². The third-order valence-corrected chi connectivity index (χ3v) is 12.0. The molecule has 6 aromatic rings. The van der Waals surface area contributed by atoms with Gasteiger partial charge in [-0.3, -0.25) is 9.59 Å². The van der Waals surface area contributed by atoms with Gasteiger partial charge in [-0.1, -0.05) is 86.8 Å². The summed E-state index contributed by atoms with van der Waals surface area (Å²) in [5.41, 5.74) is 4.81. The van der Waals surface area contributed by atoms with Gasteiger partial charge in [0.1, 0.15) is 34.5 Å². The molecule has 4 aliphatic heterocycles. The second kappa shape index (κ2) is 12.0. The molecule has 0 aliphatic carbocycles. The number of nitrogens with zero attached hydrogens (tertiary/aromatic N) is 2. The van der Waals surface area contributed by atoms with E-state index in [9.17, 15) is 14.7 Å². The van der Waals surface area contributed by atoms with Gasteiger partial charge in [0.15, 0.2) is 28.6 Å². The smallest absolute Gasteiger partial charge is 0.250 e. The summed E-state index contributed by atoms with van der Waals surface area (Å²) in [7, 11) is 0. The average Bonchev–Trinajstić information content (AvgIpc) is 3.94. The first kappa shape index (κ1) is 34.5. The third-order valence-electron chi connectivity index (χ3n) is 11.2. The zero-order valence-corrected chi connectivity index (χ0v) is 32.1. The molecule has 12 nitrogen and oxygen atoms in total. The van der Waals surface area contributed by atoms with E-state index in [-0.39, 0.29) is 46.6 Å². The number of benzene rings is 3. The molecule has 0 saturated carbocycles. The molecule has 1 unspecified atom stereocenters. The van der Waals surface area contributed by atoms with Gasteiger partial charge in [0, 0.05) is 44.7 Å². The molecule has 3 aromatic heterocycles. The number of fused-ring (bicyclic) bond motifs is 7. The number of aromatic amines is 1. The molecule has 0 saturated heterocycles. The molecule has 5 atom stereocenters. The maximum atomic E-state index is 14.2. The van der Waals surface area contributed by atoms with Gasteiger partial charge >= 0.3 is 0 Å². The van der Waals surface area contributed by atoms with Crippen molar-refractivity contribution in [3.63, 3.8) is 0 Å². The van der Waals surface area contributed by atoms with E-state index in [1.165, 1.54) is 0 Å². The number of ether oxygens (including phenoxy) is 1. The summed E-state index contributed by atoms with van der Waals surface area (Å²) in [6.07, 6.45) is -1.97. The van der Waals surface area contributed by atoms with Gasteiger partial charge in [0.2, 0.25) is 17.7 Å². The molecule has 55 heavy (non-hydrogen) atoms. The Morgan fingerprint density at radius 3 is 2.60 bits per heavy atom. The fraction of sp³-hybridized carbons (Fsp3) is 0.300. The molecule has 0 fully saturated rings. The van der Waals surface area contributed by atoms with Crippen LogP contribution in [0.15, 0.2) is 57.4 Å². The van der Waals surface area contributed by atoms with E-state index < -0.39 is 41.6 Å². The highest BCUT2D eigenvalue weighted by molar-refractivity contribution is 6.38. The van der Waals surface area contributed by atoms with Crippen LogP contribution in [0.5, 0.6) is 5.75 Å². The standard InChI is InChI=1S/C40H33Cl3N6O6/c1-14(2)27-37-47-29-32(55-37)40-20-10-16(11-23(35(51)46-27)45-36(52)30(50)15(3)4)8-9-24(20)53-39(40)48-28-19(12-17(41)13-21(28)40)18-6-5-7-22-25(18)26(33(42)44-22)31-34(43)49-38(29)54-31/h5-10,12-15,23,27,30,39,44,48,50H,11H2,1-4H3,(H,45,52)(H,46,51)/t23-,27-,30-,39?,40+/m0/s1. The lowest BCUT2D eigenvalue weighted by Crippen LogP contribution is -2.52. The quantitative estimate of drug-likeness (QED) is 0.120. The van der Waals surface area contributed by atoms with E-state index in [4.69, 9.17) is 58.3 Å². The SMILES string of the molecule is CC(C)[C@H](O)C(=O)N[C@H]1Cc2ccc3c(c2)[C@]24c5cc(Cl)cc(c5NC2O3)-c2cccc3[nH]c(Cl)c(c23)-c2oc(nc2Cl)-c2nc(oc24)[C@H](C(C)C)NC1=O. The Bertz CT molecular complexity index is 2650. The number of aliphatic hydroxyl groups is 1. The van der Waals surface area contributed by atoms with Crippen molar-refractivity contribution in [2.24, 2.45) is 11.8 Å². The highest BCUT2D eigenvalue weighted by Gasteiger charge is 2.62. The van der Waals surface area contributed by atoms with Crippen LogP contribution < -0.4 is 20.7 Å². The first-order valence-electron chi connectivity index (χ1n) is 18.0. The van der Waals surface area contributed by atoms with Crippen LogP contribution in [0.25, 0.3) is 44.9 Å². The number of aliphatic hydroxyl groups excluding tert-OH is 1. The second-order valence-electron chi connectivity index (χ2n) is 15.3. The van der Waals surface area contributed by atoms with Crippen molar-refractivity contribution >= 4 is 63.2 Å². The van der Waals surface area contributed by atoms with E-state index in [1.54, 1.807) is 13.8 Å². The molecule has 4 aliphatic rings. The third kappa shape index (κ3) is 4.81. The number of anilines is 1. The molecule has 2 amide bonds. The van der Waals surface area contributed by atoms with E-state index in [1.807, 2.05) is 62.4 Å². The number of hydrogen-bond donors (Lipinski definition) is 5. The second-order valence-corrected chi connectivity index (χ2v) is 16.4. The molecule has 0 radical (unpaired) electrons. The predicted molar refractivity (Wildman–Crippen MR) is 206 cm³/mol. The summed E-state index contributed by atoms with van der Waals surface area (Å²) >= 11 is 21.0. The average molecular weight is 800 g/mol. The number of halogens is 3. The Labute approximate surface area is 328 Å². The number of hydrogen-bond acceptors (Lipinski definition) is 9. The number of oxazole rings is 2. The Morgan fingerprint density at radius 1 is 1.00 bits per heavy atom. The Kier molecular flexibility index (Phi) is 7.52. The van der Waals surface area contributed by atoms with Crippen LogP contribution in [-0.2, 0) is 21.4 Å². The van der Waals surface area contributed by atoms with Gasteiger partial charge in [-0.2, -0.15) is 4.98 Å². The van der Waals surface area contributed by atoms with Crippen molar-refractivity contribution in [2.75, 3.05) is 5.32 Å². The Hall–Kier alpha value is -5.01. The zero-order chi connectivity index (χ0) is 38.2. The Balaban J connectivity index is 1.31. The molecule has 5 N–H and O–H groups in total. The summed E-state index contributed by atoms with van der Waals surface area (Å²) in [5, 5.41) is 21.8. The summed E-state index contributed by atoms with van der Waals surface area (Å²) < 4.78 is 20.4. The number of rotatable bonds is 4. The summed E-state index contributed by atoms with van der Waals surface area (Å²) in [5.74, 6) is -0.353. The van der Waals surface area contributed by atoms with Crippen LogP contribution >= 0.6 is 34.8 Å². The molecule has 7 heterocycles. The van der Waals surface area contributed by atoms with Crippen molar-refractivity contribution in [3.8, 4) is 39.8 Å². The summed E-state index contributed by atoms with van der Waals surface area (Å²) in [4.78, 5) is 40.5. The minimum absolute atomic E-state index is 0.0623. The van der Waals surface area contributed by atoms with E-state index in [0.29, 0.717) is 32.8 Å². The number of H-pyrrole nitrogens is 1. The normalized spacial score (nSPS) is 22.1. The van der Waals surface area contributed by atoms with Crippen molar-refractivity contribution < 1.29 is 28.3 Å². The van der Waals surface area contributed by atoms with Crippen LogP contribution in [0.2, 0.25) is 15.3 Å². The van der Waals surface area contributed by atoms with Crippen molar-refractivity contribution in [2.45, 2.75) is 63.9 Å². The van der Waals surface area contributed by atoms with Gasteiger partial charge in [-0.25, -0.2) is 4.98 Å². The van der Waals surface area contributed by atoms with E-state index in [0.717, 1.165) is 38.8 Å². The maximum Gasteiger partial charge on any atom is 0.250 e. The monoisotopic (exact) mass is 798 g/mol. The van der Waals surface area contributed by atoms with E-state index in [2.05, 4.69) is 20.9 Å². The highest BCUT2D eigenvalue weighted by Crippen LogP contribution is 2.62. The van der Waals surface area contributed by atoms with Crippen molar-refractivity contribution in [3.05, 3.63) is 92.2 Å². The first-order chi connectivity index (χ1) is 26.3. The topological polar surface area (TPSA) is 168 Å². The number of aromatic nitrogens is 3. The minimum Gasteiger partial charge on any atom is -0.469 e. The molecule has 1 spiro atoms. The first-order valence-corrected chi connectivity index (χ1v) is 19.2. The van der Waals surface area contributed by atoms with Crippen LogP contribution in [0, 0.1) is 11.8 Å². The van der Waals surface area contributed by atoms with Crippen LogP contribution in [0.4, 0.5) is 5.69 Å². The molecule has 15 heteroatoms. The van der Waals surface area contributed by atoms with Crippen molar-refractivity contribution in [1.29, 1.82) is 0 Å². The van der Waals surface area contributed by atoms with Crippen LogP contribution in [0.1, 0.15) is 62.1 Å². The number of amides is 2. The molecular weight excluding hydrogens is 767 g/mol. The fourth-order valence-electron chi connectivity index (χ4n) is 8.54. The fourth-order valence-corrected chi connectivity index (χ4v) is 9.25. The molecule has 280 valence electrons. The highest BCUT2D eigenvalue weighted by atomic mass is 35.5. The van der Waals surface area contributed by atoms with Gasteiger partial charge < -0.3 is 39.6 Å². The van der Waals surface area contributed by atoms with Gasteiger partial charge in [-0.05, 0) is 47.2 Å². The largest absolute Gasteiger partial charge is 0.469 e. The maximum absolute atomic E-state index is 14.2. The zero-order valence-electron chi connectivity index (χ0n) is 29.8. The number of carbonyl (C=O) groups is 2. The molecule has 3 aromatic carbocycles. The number of nitrogens with one attached hydrogen (secondary N) is 4. The van der Waals surface area contributed by atoms with Crippen molar-refractivity contribution in [1.82, 2.24) is 25.6 Å². The lowest BCUT2D eigenvalue weighted by atomic mass is 9.72. The van der Waals surface area contributed by atoms with Gasteiger partial charge in [0.05, 0.1) is 5.56 Å². The summed E-state index contributed by atoms with van der Waals surface area (Å²) in [6.45, 7) is 7.32.